The molecule has 5 nitrogen and oxygen atoms in total. The molecule has 0 aliphatic heterocycles. The Hall–Kier alpha value is -2.66. The maximum Gasteiger partial charge on any atom is 0.225 e. The van der Waals surface area contributed by atoms with Gasteiger partial charge in [-0.3, -0.25) is 0 Å². The van der Waals surface area contributed by atoms with E-state index >= 15 is 0 Å². The lowest BCUT2D eigenvalue weighted by Gasteiger charge is -2.30. The molecule has 0 bridgehead atoms. The molecule has 4 rings (SSSR count). The van der Waals surface area contributed by atoms with Crippen LogP contribution in [0.4, 0.5) is 11.8 Å². The van der Waals surface area contributed by atoms with Gasteiger partial charge in [-0.15, -0.1) is 0 Å². The van der Waals surface area contributed by atoms with Gasteiger partial charge in [-0.25, -0.2) is 4.98 Å². The van der Waals surface area contributed by atoms with Crippen molar-refractivity contribution < 1.29 is 0 Å². The van der Waals surface area contributed by atoms with Crippen LogP contribution < -0.4 is 15.5 Å². The molecule has 0 radical (unpaired) electrons. The number of para-hydroxylation sites is 1. The predicted molar refractivity (Wildman–Crippen MR) is 133 cm³/mol. The van der Waals surface area contributed by atoms with Gasteiger partial charge in [-0.1, -0.05) is 50.7 Å². The minimum atomic E-state index is 0. The number of nitrogens with zero attached hydrogens (tertiary/aromatic N) is 3. The lowest BCUT2D eigenvalue weighted by atomic mass is 9.91. The molecule has 0 amide bonds. The lowest BCUT2D eigenvalue weighted by molar-refractivity contribution is 0.352. The molecule has 0 atom stereocenters. The van der Waals surface area contributed by atoms with E-state index in [0.29, 0.717) is 12.1 Å². The van der Waals surface area contributed by atoms with E-state index in [1.807, 2.05) is 26.2 Å². The second-order valence-corrected chi connectivity index (χ2v) is 8.48. The smallest absolute Gasteiger partial charge is 0.225 e. The monoisotopic (exact) mass is 419 g/mol. The van der Waals surface area contributed by atoms with Crippen molar-refractivity contribution in [1.82, 2.24) is 15.3 Å². The molecule has 1 aromatic heterocycles. The summed E-state index contributed by atoms with van der Waals surface area (Å²) in [6.07, 6.45) is 5.73. The topological polar surface area (TPSA) is 53.1 Å². The van der Waals surface area contributed by atoms with Crippen LogP contribution in [0.2, 0.25) is 0 Å². The third-order valence-electron chi connectivity index (χ3n) is 6.15. The van der Waals surface area contributed by atoms with Crippen LogP contribution in [-0.4, -0.2) is 36.1 Å². The Kier molecular flexibility index (Phi) is 7.85. The molecule has 0 saturated heterocycles. The highest BCUT2D eigenvalue weighted by Crippen LogP contribution is 2.26. The summed E-state index contributed by atoms with van der Waals surface area (Å²) in [5.74, 6) is 1.71. The fourth-order valence-electron chi connectivity index (χ4n) is 4.42. The summed E-state index contributed by atoms with van der Waals surface area (Å²) >= 11 is 0. The molecule has 1 aliphatic carbocycles. The van der Waals surface area contributed by atoms with E-state index in [0.717, 1.165) is 48.5 Å². The molecule has 1 aliphatic rings. The number of hydrogen-bond donors (Lipinski definition) is 2. The second-order valence-electron chi connectivity index (χ2n) is 8.48. The SMILES string of the molecule is C.CCc1ccccc1CNC1CCC(Nc2nc(N(C)C)c3ccccc3n2)CC1. The Labute approximate surface area is 187 Å². The number of hydrogen-bond acceptors (Lipinski definition) is 5. The molecule has 5 heteroatoms. The van der Waals surface area contributed by atoms with Gasteiger partial charge in [0.1, 0.15) is 5.82 Å². The van der Waals surface area contributed by atoms with Crippen LogP contribution in [0.1, 0.15) is 51.2 Å². The highest BCUT2D eigenvalue weighted by Gasteiger charge is 2.22. The number of benzene rings is 2. The van der Waals surface area contributed by atoms with E-state index in [4.69, 9.17) is 9.97 Å². The minimum Gasteiger partial charge on any atom is -0.362 e. The Morgan fingerprint density at radius 1 is 0.871 bits per heavy atom. The third kappa shape index (κ3) is 5.53. The lowest BCUT2D eigenvalue weighted by Crippen LogP contribution is -2.37. The Balaban J connectivity index is 0.00000272. The van der Waals surface area contributed by atoms with Crippen molar-refractivity contribution in [1.29, 1.82) is 0 Å². The Bertz CT molecular complexity index is 976. The summed E-state index contributed by atoms with van der Waals surface area (Å²) in [6, 6.07) is 18.0. The number of rotatable bonds is 7. The number of aryl methyl sites for hydroxylation is 1. The van der Waals surface area contributed by atoms with Crippen LogP contribution in [0.3, 0.4) is 0 Å². The zero-order valence-electron chi connectivity index (χ0n) is 18.4. The van der Waals surface area contributed by atoms with Crippen LogP contribution in [0.15, 0.2) is 48.5 Å². The van der Waals surface area contributed by atoms with Gasteiger partial charge < -0.3 is 15.5 Å². The summed E-state index contributed by atoms with van der Waals surface area (Å²) in [7, 11) is 4.07. The van der Waals surface area contributed by atoms with Crippen molar-refractivity contribution in [2.45, 2.75) is 65.1 Å². The fraction of sp³-hybridized carbons (Fsp3) is 0.462. The van der Waals surface area contributed by atoms with E-state index in [1.54, 1.807) is 0 Å². The average molecular weight is 420 g/mol. The largest absolute Gasteiger partial charge is 0.362 e. The molecule has 166 valence electrons. The van der Waals surface area contributed by atoms with Crippen LogP contribution >= 0.6 is 0 Å². The molecule has 0 unspecified atom stereocenters. The molecule has 1 fully saturated rings. The van der Waals surface area contributed by atoms with Crippen molar-refractivity contribution in [3.05, 3.63) is 59.7 Å². The molecule has 3 aromatic rings. The van der Waals surface area contributed by atoms with Crippen molar-refractivity contribution >= 4 is 22.7 Å². The zero-order valence-corrected chi connectivity index (χ0v) is 18.4. The molecular weight excluding hydrogens is 382 g/mol. The summed E-state index contributed by atoms with van der Waals surface area (Å²) in [6.45, 7) is 3.19. The first-order valence-corrected chi connectivity index (χ1v) is 11.1. The molecule has 1 heterocycles. The standard InChI is InChI=1S/C25H33N5.CH4/c1-4-18-9-5-6-10-19(18)17-26-20-13-15-21(16-14-20)27-25-28-23-12-8-7-11-22(23)24(29-25)30(2)3;/h5-12,20-21,26H,4,13-17H2,1-3H3,(H,27,28,29);1H4. The highest BCUT2D eigenvalue weighted by atomic mass is 15.2. The van der Waals surface area contributed by atoms with E-state index in [2.05, 4.69) is 58.9 Å². The van der Waals surface area contributed by atoms with Gasteiger partial charge in [0.25, 0.3) is 0 Å². The normalized spacial score (nSPS) is 18.4. The van der Waals surface area contributed by atoms with Crippen molar-refractivity contribution in [3.63, 3.8) is 0 Å². The minimum absolute atomic E-state index is 0. The van der Waals surface area contributed by atoms with Gasteiger partial charge >= 0.3 is 0 Å². The summed E-state index contributed by atoms with van der Waals surface area (Å²) in [5, 5.41) is 8.47. The van der Waals surface area contributed by atoms with Gasteiger partial charge in [0, 0.05) is 38.1 Å². The summed E-state index contributed by atoms with van der Waals surface area (Å²) < 4.78 is 0. The maximum absolute atomic E-state index is 4.80. The third-order valence-corrected chi connectivity index (χ3v) is 6.15. The molecule has 31 heavy (non-hydrogen) atoms. The van der Waals surface area contributed by atoms with Gasteiger partial charge in [-0.2, -0.15) is 4.98 Å². The summed E-state index contributed by atoms with van der Waals surface area (Å²) in [4.78, 5) is 11.6. The first-order chi connectivity index (χ1) is 14.6. The molecule has 2 N–H and O–H groups in total. The Morgan fingerprint density at radius 2 is 1.52 bits per heavy atom. The van der Waals surface area contributed by atoms with Gasteiger partial charge in [-0.05, 0) is 55.4 Å². The quantitative estimate of drug-likeness (QED) is 0.536. The van der Waals surface area contributed by atoms with Crippen molar-refractivity contribution in [2.24, 2.45) is 0 Å². The predicted octanol–water partition coefficient (Wildman–Crippen LogP) is 5.41. The van der Waals surface area contributed by atoms with Crippen molar-refractivity contribution in [2.75, 3.05) is 24.3 Å². The van der Waals surface area contributed by atoms with E-state index in [9.17, 15) is 0 Å². The number of anilines is 2. The highest BCUT2D eigenvalue weighted by molar-refractivity contribution is 5.90. The molecule has 0 spiro atoms. The van der Waals surface area contributed by atoms with Gasteiger partial charge in [0.15, 0.2) is 0 Å². The van der Waals surface area contributed by atoms with Gasteiger partial charge in [0.05, 0.1) is 5.52 Å². The first kappa shape index (κ1) is 23.0. The Morgan fingerprint density at radius 3 is 2.23 bits per heavy atom. The van der Waals surface area contributed by atoms with Crippen molar-refractivity contribution in [3.8, 4) is 0 Å². The van der Waals surface area contributed by atoms with Crippen LogP contribution in [-0.2, 0) is 13.0 Å². The summed E-state index contributed by atoms with van der Waals surface area (Å²) in [5.41, 5.74) is 3.87. The van der Waals surface area contributed by atoms with Gasteiger partial charge in [0.2, 0.25) is 5.95 Å². The van der Waals surface area contributed by atoms with E-state index in [-0.39, 0.29) is 7.43 Å². The van der Waals surface area contributed by atoms with Crippen LogP contribution in [0.5, 0.6) is 0 Å². The number of aromatic nitrogens is 2. The van der Waals surface area contributed by atoms with E-state index < -0.39 is 0 Å². The van der Waals surface area contributed by atoms with Crippen LogP contribution in [0.25, 0.3) is 10.9 Å². The van der Waals surface area contributed by atoms with Crippen LogP contribution in [0, 0.1) is 0 Å². The molecule has 1 saturated carbocycles. The molecular formula is C26H37N5. The molecule has 2 aromatic carbocycles. The number of fused-ring (bicyclic) bond motifs is 1. The average Bonchev–Trinajstić information content (AvgIpc) is 2.78. The van der Waals surface area contributed by atoms with E-state index in [1.165, 1.54) is 24.0 Å². The zero-order chi connectivity index (χ0) is 20.9. The maximum atomic E-state index is 4.80. The first-order valence-electron chi connectivity index (χ1n) is 11.1. The number of nitrogens with one attached hydrogen (secondary N) is 2. The fourth-order valence-corrected chi connectivity index (χ4v) is 4.42. The second kappa shape index (κ2) is 10.6.